The van der Waals surface area contributed by atoms with E-state index < -0.39 is 0 Å². The minimum absolute atomic E-state index is 1.10. The van der Waals surface area contributed by atoms with Gasteiger partial charge in [0.1, 0.15) is 0 Å². The molecule has 0 atom stereocenters. The molecule has 0 bridgehead atoms. The molecule has 0 saturated heterocycles. The molecule has 2 nitrogen and oxygen atoms in total. The molecule has 1 heterocycles. The van der Waals surface area contributed by atoms with Crippen LogP contribution in [0.4, 0.5) is 17.1 Å². The largest absolute Gasteiger partial charge is 0.310 e. The Morgan fingerprint density at radius 3 is 1.65 bits per heavy atom. The summed E-state index contributed by atoms with van der Waals surface area (Å²) in [5.41, 5.74) is 14.0. The van der Waals surface area contributed by atoms with Gasteiger partial charge in [-0.3, -0.25) is 0 Å². The number of nitrogens with zero attached hydrogens (tertiary/aromatic N) is 2. The summed E-state index contributed by atoms with van der Waals surface area (Å²) in [7, 11) is 0. The third kappa shape index (κ3) is 5.36. The van der Waals surface area contributed by atoms with Crippen molar-refractivity contribution in [1.82, 2.24) is 4.57 Å². The first-order valence-corrected chi connectivity index (χ1v) is 18.5. The zero-order chi connectivity index (χ0) is 35.8. The van der Waals surface area contributed by atoms with Gasteiger partial charge in [0, 0.05) is 27.7 Å². The molecule has 0 aliphatic carbocycles. The van der Waals surface area contributed by atoms with Gasteiger partial charge >= 0.3 is 0 Å². The second-order valence-electron chi connectivity index (χ2n) is 13.7. The minimum atomic E-state index is 1.10. The van der Waals surface area contributed by atoms with Crippen LogP contribution in [0.15, 0.2) is 218 Å². The summed E-state index contributed by atoms with van der Waals surface area (Å²) < 4.78 is 2.48. The van der Waals surface area contributed by atoms with Crippen molar-refractivity contribution >= 4 is 49.6 Å². The lowest BCUT2D eigenvalue weighted by molar-refractivity contribution is 1.18. The highest BCUT2D eigenvalue weighted by Crippen LogP contribution is 2.46. The van der Waals surface area contributed by atoms with Gasteiger partial charge in [-0.2, -0.15) is 0 Å². The Kier molecular flexibility index (Phi) is 7.85. The van der Waals surface area contributed by atoms with Crippen LogP contribution in [-0.4, -0.2) is 4.57 Å². The van der Waals surface area contributed by atoms with Gasteiger partial charge in [-0.25, -0.2) is 0 Å². The Labute approximate surface area is 315 Å². The van der Waals surface area contributed by atoms with Crippen LogP contribution in [0.5, 0.6) is 0 Å². The molecule has 0 spiro atoms. The van der Waals surface area contributed by atoms with E-state index in [0.717, 1.165) is 28.3 Å². The van der Waals surface area contributed by atoms with E-state index in [1.807, 2.05) is 0 Å². The predicted octanol–water partition coefficient (Wildman–Crippen LogP) is 14.4. The van der Waals surface area contributed by atoms with Gasteiger partial charge in [0.2, 0.25) is 0 Å². The Morgan fingerprint density at radius 2 is 0.870 bits per heavy atom. The summed E-state index contributed by atoms with van der Waals surface area (Å²) >= 11 is 0. The standard InChI is InChI=1S/C52H36N2/c1-4-17-37(18-5-1)38-33-35-42(36-34-38)53(41-23-8-3-9-24-41)49-31-16-32-50-52(49)46-26-12-13-29-47(46)54(50)48-30-15-28-45(51(48)40-20-6-2-7-21-40)44-27-14-22-39-19-10-11-25-43(39)44/h1-36H. The molecule has 0 N–H and O–H groups in total. The molecular formula is C52H36N2. The van der Waals surface area contributed by atoms with Crippen LogP contribution in [-0.2, 0) is 0 Å². The van der Waals surface area contributed by atoms with Crippen molar-refractivity contribution in [3.63, 3.8) is 0 Å². The third-order valence-corrected chi connectivity index (χ3v) is 10.6. The van der Waals surface area contributed by atoms with Crippen molar-refractivity contribution in [3.05, 3.63) is 218 Å². The van der Waals surface area contributed by atoms with Crippen molar-refractivity contribution in [2.45, 2.75) is 0 Å². The molecule has 0 unspecified atom stereocenters. The maximum Gasteiger partial charge on any atom is 0.0562 e. The molecule has 0 fully saturated rings. The summed E-state index contributed by atoms with van der Waals surface area (Å²) in [6.45, 7) is 0. The zero-order valence-electron chi connectivity index (χ0n) is 29.7. The predicted molar refractivity (Wildman–Crippen MR) is 229 cm³/mol. The Balaban J connectivity index is 1.25. The van der Waals surface area contributed by atoms with Crippen molar-refractivity contribution in [2.75, 3.05) is 4.90 Å². The van der Waals surface area contributed by atoms with E-state index in [1.165, 1.54) is 60.4 Å². The van der Waals surface area contributed by atoms with E-state index >= 15 is 0 Å². The Bertz CT molecular complexity index is 2900. The lowest BCUT2D eigenvalue weighted by Gasteiger charge is -2.27. The maximum atomic E-state index is 2.48. The number of benzene rings is 9. The normalized spacial score (nSPS) is 11.3. The van der Waals surface area contributed by atoms with Crippen LogP contribution in [0, 0.1) is 0 Å². The zero-order valence-corrected chi connectivity index (χ0v) is 29.7. The van der Waals surface area contributed by atoms with Crippen molar-refractivity contribution in [3.8, 4) is 39.1 Å². The quantitative estimate of drug-likeness (QED) is 0.162. The average Bonchev–Trinajstić information content (AvgIpc) is 3.59. The molecule has 10 rings (SSSR count). The number of fused-ring (bicyclic) bond motifs is 4. The molecule has 0 aliphatic heterocycles. The highest BCUT2D eigenvalue weighted by Gasteiger charge is 2.23. The molecule has 1 aromatic heterocycles. The Hall–Kier alpha value is -7.16. The minimum Gasteiger partial charge on any atom is -0.310 e. The molecule has 0 aliphatic rings. The van der Waals surface area contributed by atoms with Gasteiger partial charge in [0.15, 0.2) is 0 Å². The highest BCUT2D eigenvalue weighted by molar-refractivity contribution is 6.17. The first-order valence-electron chi connectivity index (χ1n) is 18.5. The van der Waals surface area contributed by atoms with Crippen LogP contribution in [0.3, 0.4) is 0 Å². The van der Waals surface area contributed by atoms with Crippen LogP contribution in [0.2, 0.25) is 0 Å². The van der Waals surface area contributed by atoms with E-state index in [2.05, 4.69) is 228 Å². The van der Waals surface area contributed by atoms with Crippen LogP contribution in [0.1, 0.15) is 0 Å². The maximum absolute atomic E-state index is 2.48. The monoisotopic (exact) mass is 688 g/mol. The molecule has 10 aromatic rings. The molecule has 54 heavy (non-hydrogen) atoms. The third-order valence-electron chi connectivity index (χ3n) is 10.6. The smallest absolute Gasteiger partial charge is 0.0562 e. The molecule has 0 amide bonds. The van der Waals surface area contributed by atoms with Crippen molar-refractivity contribution in [2.24, 2.45) is 0 Å². The first kappa shape index (κ1) is 31.6. The van der Waals surface area contributed by atoms with Gasteiger partial charge in [0.05, 0.1) is 22.4 Å². The molecule has 2 heteroatoms. The van der Waals surface area contributed by atoms with Gasteiger partial charge in [-0.1, -0.05) is 170 Å². The number of hydrogen-bond donors (Lipinski definition) is 0. The molecule has 9 aromatic carbocycles. The lowest BCUT2D eigenvalue weighted by Crippen LogP contribution is -2.10. The molecule has 0 saturated carbocycles. The summed E-state index contributed by atoms with van der Waals surface area (Å²) in [6, 6.07) is 78.8. The second kappa shape index (κ2) is 13.4. The highest BCUT2D eigenvalue weighted by atomic mass is 15.1. The summed E-state index contributed by atoms with van der Waals surface area (Å²) in [5, 5.41) is 4.90. The van der Waals surface area contributed by atoms with E-state index in [0.29, 0.717) is 0 Å². The molecule has 0 radical (unpaired) electrons. The fourth-order valence-electron chi connectivity index (χ4n) is 8.20. The van der Waals surface area contributed by atoms with Crippen molar-refractivity contribution < 1.29 is 0 Å². The molecule has 254 valence electrons. The van der Waals surface area contributed by atoms with Crippen molar-refractivity contribution in [1.29, 1.82) is 0 Å². The fourth-order valence-corrected chi connectivity index (χ4v) is 8.20. The Morgan fingerprint density at radius 1 is 0.333 bits per heavy atom. The number of para-hydroxylation sites is 2. The number of anilines is 3. The van der Waals surface area contributed by atoms with Crippen LogP contribution in [0.25, 0.3) is 71.6 Å². The lowest BCUT2D eigenvalue weighted by atomic mass is 9.90. The number of rotatable bonds is 7. The van der Waals surface area contributed by atoms with E-state index in [4.69, 9.17) is 0 Å². The van der Waals surface area contributed by atoms with Gasteiger partial charge in [0.25, 0.3) is 0 Å². The van der Waals surface area contributed by atoms with Crippen LogP contribution < -0.4 is 4.90 Å². The number of aromatic nitrogens is 1. The average molecular weight is 689 g/mol. The number of hydrogen-bond acceptors (Lipinski definition) is 1. The SMILES string of the molecule is c1ccc(-c2ccc(N(c3ccccc3)c3cccc4c3c3ccccc3n4-c3cccc(-c4cccc5ccccc45)c3-c3ccccc3)cc2)cc1. The van der Waals surface area contributed by atoms with Gasteiger partial charge < -0.3 is 9.47 Å². The van der Waals surface area contributed by atoms with Gasteiger partial charge in [-0.15, -0.1) is 0 Å². The fraction of sp³-hybridized carbons (Fsp3) is 0. The summed E-state index contributed by atoms with van der Waals surface area (Å²) in [5.74, 6) is 0. The summed E-state index contributed by atoms with van der Waals surface area (Å²) in [6.07, 6.45) is 0. The van der Waals surface area contributed by atoms with Crippen LogP contribution >= 0.6 is 0 Å². The van der Waals surface area contributed by atoms with E-state index in [-0.39, 0.29) is 0 Å². The van der Waals surface area contributed by atoms with E-state index in [9.17, 15) is 0 Å². The second-order valence-corrected chi connectivity index (χ2v) is 13.7. The van der Waals surface area contributed by atoms with E-state index in [1.54, 1.807) is 0 Å². The first-order chi connectivity index (χ1) is 26.8. The van der Waals surface area contributed by atoms with Gasteiger partial charge in [-0.05, 0) is 87.1 Å². The molecular weight excluding hydrogens is 653 g/mol. The summed E-state index contributed by atoms with van der Waals surface area (Å²) in [4.78, 5) is 2.40. The topological polar surface area (TPSA) is 8.17 Å².